The lowest BCUT2D eigenvalue weighted by molar-refractivity contribution is 0.120. The molecule has 0 heterocycles. The second-order valence-corrected chi connectivity index (χ2v) is 6.25. The van der Waals surface area contributed by atoms with E-state index < -0.39 is 16.3 Å². The van der Waals surface area contributed by atoms with Crippen LogP contribution in [-0.2, 0) is 19.7 Å². The normalized spacial score (nSPS) is 11.9. The van der Waals surface area contributed by atoms with E-state index in [2.05, 4.69) is 23.3 Å². The van der Waals surface area contributed by atoms with Gasteiger partial charge in [-0.15, -0.1) is 0 Å². The lowest BCUT2D eigenvalue weighted by atomic mass is 10.1. The van der Waals surface area contributed by atoms with Crippen LogP contribution in [0.15, 0.2) is 0 Å². The zero-order valence-electron chi connectivity index (χ0n) is 11.9. The van der Waals surface area contributed by atoms with E-state index in [4.69, 9.17) is 4.74 Å². The van der Waals surface area contributed by atoms with Crippen LogP contribution in [0.2, 0.25) is 0 Å². The number of ether oxygens (including phenoxy) is 2. The average molecular weight is 296 g/mol. The molecule has 0 saturated heterocycles. The zero-order chi connectivity index (χ0) is 14.9. The summed E-state index contributed by atoms with van der Waals surface area (Å²) < 4.78 is 36.6. The van der Waals surface area contributed by atoms with Crippen LogP contribution in [0.5, 0.6) is 0 Å². The molecule has 0 aliphatic heterocycles. The molecule has 0 spiro atoms. The van der Waals surface area contributed by atoms with Crippen LogP contribution in [0.4, 0.5) is 4.79 Å². The third-order valence-electron chi connectivity index (χ3n) is 1.94. The third kappa shape index (κ3) is 11.9. The van der Waals surface area contributed by atoms with Crippen LogP contribution < -0.4 is 9.44 Å². The van der Waals surface area contributed by atoms with Gasteiger partial charge in [-0.3, -0.25) is 0 Å². The fraction of sp³-hybridized carbons (Fsp3) is 0.909. The maximum Gasteiger partial charge on any atom is 0.422 e. The minimum Gasteiger partial charge on any atom is -0.446 e. The van der Waals surface area contributed by atoms with Crippen LogP contribution in [0.25, 0.3) is 0 Å². The Kier molecular flexibility index (Phi) is 8.70. The Bertz CT molecular complexity index is 354. The Morgan fingerprint density at radius 2 is 1.79 bits per heavy atom. The first kappa shape index (κ1) is 18.1. The quantitative estimate of drug-likeness (QED) is 0.620. The zero-order valence-corrected chi connectivity index (χ0v) is 12.7. The van der Waals surface area contributed by atoms with Gasteiger partial charge in [-0.25, -0.2) is 9.52 Å². The maximum atomic E-state index is 11.4. The van der Waals surface area contributed by atoms with E-state index in [9.17, 15) is 13.2 Å². The van der Waals surface area contributed by atoms with Crippen LogP contribution in [0.1, 0.15) is 34.1 Å². The highest BCUT2D eigenvalue weighted by atomic mass is 32.2. The molecular weight excluding hydrogens is 272 g/mol. The molecule has 0 bridgehead atoms. The summed E-state index contributed by atoms with van der Waals surface area (Å²) in [6, 6.07) is 0. The number of carbonyl (C=O) groups is 1. The van der Waals surface area contributed by atoms with E-state index in [0.29, 0.717) is 12.5 Å². The molecule has 0 radical (unpaired) electrons. The van der Waals surface area contributed by atoms with Gasteiger partial charge in [0, 0.05) is 13.2 Å². The second-order valence-electron chi connectivity index (χ2n) is 4.75. The van der Waals surface area contributed by atoms with Gasteiger partial charge in [-0.05, 0) is 26.2 Å². The maximum absolute atomic E-state index is 11.4. The molecule has 0 rings (SSSR count). The third-order valence-corrected chi connectivity index (χ3v) is 2.96. The predicted octanol–water partition coefficient (Wildman–Crippen LogP) is 1.02. The Morgan fingerprint density at radius 1 is 1.16 bits per heavy atom. The molecule has 8 heteroatoms. The first-order valence-corrected chi connectivity index (χ1v) is 7.77. The van der Waals surface area contributed by atoms with Crippen molar-refractivity contribution >= 4 is 16.3 Å². The van der Waals surface area contributed by atoms with E-state index in [0.717, 1.165) is 6.42 Å². The molecule has 0 unspecified atom stereocenters. The first-order valence-electron chi connectivity index (χ1n) is 6.28. The summed E-state index contributed by atoms with van der Waals surface area (Å²) >= 11 is 0. The highest BCUT2D eigenvalue weighted by Crippen LogP contribution is 1.98. The van der Waals surface area contributed by atoms with Crippen LogP contribution in [0, 0.1) is 5.92 Å². The van der Waals surface area contributed by atoms with Crippen molar-refractivity contribution in [2.75, 3.05) is 19.8 Å². The number of nitrogens with one attached hydrogen (secondary N) is 2. The summed E-state index contributed by atoms with van der Waals surface area (Å²) in [5.74, 6) is 0.546. The fourth-order valence-electron chi connectivity index (χ4n) is 1.05. The minimum absolute atomic E-state index is 0.0996. The van der Waals surface area contributed by atoms with Gasteiger partial charge in [-0.1, -0.05) is 13.8 Å². The van der Waals surface area contributed by atoms with Crippen molar-refractivity contribution in [3.05, 3.63) is 0 Å². The lowest BCUT2D eigenvalue weighted by Gasteiger charge is -2.11. The fourth-order valence-corrected chi connectivity index (χ4v) is 1.74. The summed E-state index contributed by atoms with van der Waals surface area (Å²) in [5.41, 5.74) is 0. The van der Waals surface area contributed by atoms with Gasteiger partial charge in [0.15, 0.2) is 0 Å². The SMILES string of the molecule is CC(C)CCOCCNS(=O)(=O)NC(=O)OC(C)C. The summed E-state index contributed by atoms with van der Waals surface area (Å²) in [6.45, 7) is 8.36. The monoisotopic (exact) mass is 296 g/mol. The van der Waals surface area contributed by atoms with E-state index in [1.165, 1.54) is 0 Å². The number of carbonyl (C=O) groups excluding carboxylic acids is 1. The molecule has 114 valence electrons. The summed E-state index contributed by atoms with van der Waals surface area (Å²) in [4.78, 5) is 11.1. The Morgan fingerprint density at radius 3 is 2.32 bits per heavy atom. The van der Waals surface area contributed by atoms with Crippen LogP contribution in [-0.4, -0.2) is 40.4 Å². The van der Waals surface area contributed by atoms with Crippen LogP contribution in [0.3, 0.4) is 0 Å². The van der Waals surface area contributed by atoms with Gasteiger partial charge in [0.1, 0.15) is 0 Å². The van der Waals surface area contributed by atoms with Crippen molar-refractivity contribution in [3.63, 3.8) is 0 Å². The molecule has 0 aliphatic carbocycles. The van der Waals surface area contributed by atoms with Gasteiger partial charge in [-0.2, -0.15) is 13.1 Å². The van der Waals surface area contributed by atoms with Crippen molar-refractivity contribution in [2.45, 2.75) is 40.2 Å². The number of amides is 1. The predicted molar refractivity (Wildman–Crippen MR) is 71.9 cm³/mol. The molecule has 1 amide bonds. The highest BCUT2D eigenvalue weighted by molar-refractivity contribution is 7.88. The minimum atomic E-state index is -3.88. The number of hydrogen-bond acceptors (Lipinski definition) is 5. The summed E-state index contributed by atoms with van der Waals surface area (Å²) in [6.07, 6.45) is -0.455. The molecule has 19 heavy (non-hydrogen) atoms. The topological polar surface area (TPSA) is 93.7 Å². The molecular formula is C11H24N2O5S. The molecule has 2 N–H and O–H groups in total. The van der Waals surface area contributed by atoms with E-state index in [1.807, 2.05) is 0 Å². The average Bonchev–Trinajstić information content (AvgIpc) is 2.20. The van der Waals surface area contributed by atoms with Gasteiger partial charge < -0.3 is 9.47 Å². The molecule has 0 aromatic heterocycles. The molecule has 0 aliphatic rings. The number of rotatable bonds is 9. The smallest absolute Gasteiger partial charge is 0.422 e. The first-order chi connectivity index (χ1) is 8.73. The molecule has 0 aromatic carbocycles. The van der Waals surface area contributed by atoms with Gasteiger partial charge in [0.2, 0.25) is 0 Å². The second kappa shape index (κ2) is 9.11. The van der Waals surface area contributed by atoms with Crippen molar-refractivity contribution in [2.24, 2.45) is 5.92 Å². The van der Waals surface area contributed by atoms with Crippen molar-refractivity contribution in [1.29, 1.82) is 0 Å². The highest BCUT2D eigenvalue weighted by Gasteiger charge is 2.15. The lowest BCUT2D eigenvalue weighted by Crippen LogP contribution is -2.42. The van der Waals surface area contributed by atoms with Crippen molar-refractivity contribution < 1.29 is 22.7 Å². The largest absolute Gasteiger partial charge is 0.446 e. The van der Waals surface area contributed by atoms with Crippen molar-refractivity contribution in [3.8, 4) is 0 Å². The summed E-state index contributed by atoms with van der Waals surface area (Å²) in [5, 5.41) is 0. The Labute approximate surface area is 115 Å². The Hall–Kier alpha value is -0.860. The number of hydrogen-bond donors (Lipinski definition) is 2. The van der Waals surface area contributed by atoms with E-state index in [1.54, 1.807) is 18.6 Å². The van der Waals surface area contributed by atoms with E-state index >= 15 is 0 Å². The van der Waals surface area contributed by atoms with Gasteiger partial charge in [0.05, 0.1) is 12.7 Å². The van der Waals surface area contributed by atoms with Crippen LogP contribution >= 0.6 is 0 Å². The van der Waals surface area contributed by atoms with Gasteiger partial charge in [0.25, 0.3) is 0 Å². The van der Waals surface area contributed by atoms with Crippen molar-refractivity contribution in [1.82, 2.24) is 9.44 Å². The molecule has 0 saturated carbocycles. The molecule has 7 nitrogen and oxygen atoms in total. The molecule has 0 aromatic rings. The standard InChI is InChI=1S/C11H24N2O5S/c1-9(2)5-7-17-8-6-12-19(15,16)13-11(14)18-10(3)4/h9-10,12H,5-8H2,1-4H3,(H,13,14). The molecule has 0 fully saturated rings. The van der Waals surface area contributed by atoms with E-state index in [-0.39, 0.29) is 19.3 Å². The molecule has 0 atom stereocenters. The Balaban J connectivity index is 3.76. The summed E-state index contributed by atoms with van der Waals surface area (Å²) in [7, 11) is -3.88. The van der Waals surface area contributed by atoms with Gasteiger partial charge >= 0.3 is 16.3 Å².